The summed E-state index contributed by atoms with van der Waals surface area (Å²) in [5.74, 6) is 0.0279. The van der Waals surface area contributed by atoms with Gasteiger partial charge in [-0.15, -0.1) is 0 Å². The Bertz CT molecular complexity index is 695. The first-order valence-electron chi connectivity index (χ1n) is 6.37. The zero-order valence-corrected chi connectivity index (χ0v) is 12.2. The summed E-state index contributed by atoms with van der Waals surface area (Å²) in [4.78, 5) is 0. The maximum Gasteiger partial charge on any atom is 0.138 e. The molecule has 0 aromatic heterocycles. The van der Waals surface area contributed by atoms with Crippen molar-refractivity contribution in [2.24, 2.45) is 5.73 Å². The molecule has 0 spiro atoms. The van der Waals surface area contributed by atoms with Gasteiger partial charge in [0.2, 0.25) is 0 Å². The largest absolute Gasteiger partial charge is 0.487 e. The first kappa shape index (κ1) is 15.3. The molecule has 0 radical (unpaired) electrons. The van der Waals surface area contributed by atoms with Crippen LogP contribution in [-0.2, 0) is 6.61 Å². The minimum atomic E-state index is -0.419. The lowest BCUT2D eigenvalue weighted by atomic mass is 10.1. The van der Waals surface area contributed by atoms with Crippen molar-refractivity contribution in [3.63, 3.8) is 0 Å². The molecule has 0 aliphatic rings. The van der Waals surface area contributed by atoms with E-state index in [4.69, 9.17) is 27.3 Å². The summed E-state index contributed by atoms with van der Waals surface area (Å²) in [6.45, 7) is 1.85. The van der Waals surface area contributed by atoms with E-state index in [9.17, 15) is 4.39 Å². The maximum atomic E-state index is 13.6. The molecule has 0 heterocycles. The summed E-state index contributed by atoms with van der Waals surface area (Å²) in [5, 5.41) is 9.24. The van der Waals surface area contributed by atoms with E-state index < -0.39 is 5.82 Å². The van der Waals surface area contributed by atoms with E-state index in [1.54, 1.807) is 12.1 Å². The quantitative estimate of drug-likeness (QED) is 0.930. The van der Waals surface area contributed by atoms with Gasteiger partial charge in [0.05, 0.1) is 16.7 Å². The summed E-state index contributed by atoms with van der Waals surface area (Å²) < 4.78 is 19.2. The number of hydrogen-bond donors (Lipinski definition) is 1. The Morgan fingerprint density at radius 1 is 1.33 bits per heavy atom. The second-order valence-corrected chi connectivity index (χ2v) is 5.09. The van der Waals surface area contributed by atoms with Crippen molar-refractivity contribution < 1.29 is 9.13 Å². The van der Waals surface area contributed by atoms with Crippen LogP contribution in [0.2, 0.25) is 5.02 Å². The van der Waals surface area contributed by atoms with Gasteiger partial charge in [-0.05, 0) is 42.8 Å². The van der Waals surface area contributed by atoms with Crippen LogP contribution in [0.3, 0.4) is 0 Å². The van der Waals surface area contributed by atoms with Gasteiger partial charge in [0.25, 0.3) is 0 Å². The van der Waals surface area contributed by atoms with Gasteiger partial charge in [0, 0.05) is 11.6 Å². The molecule has 1 atom stereocenters. The Balaban J connectivity index is 2.15. The fourth-order valence-electron chi connectivity index (χ4n) is 1.83. The van der Waals surface area contributed by atoms with E-state index in [2.05, 4.69) is 0 Å². The Morgan fingerprint density at radius 3 is 2.71 bits per heavy atom. The smallest absolute Gasteiger partial charge is 0.138 e. The van der Waals surface area contributed by atoms with Crippen LogP contribution >= 0.6 is 11.6 Å². The Kier molecular flexibility index (Phi) is 4.79. The zero-order valence-electron chi connectivity index (χ0n) is 11.4. The standard InChI is InChI=1S/C16H14ClFN2O/c1-10(20)12-3-5-16(14(17)7-12)21-9-13-6-11(8-19)2-4-15(13)18/h2-7,10H,9,20H2,1H3/t10-/m1/s1. The molecule has 0 aliphatic heterocycles. The summed E-state index contributed by atoms with van der Waals surface area (Å²) in [5.41, 5.74) is 7.35. The van der Waals surface area contributed by atoms with Crippen molar-refractivity contribution in [2.75, 3.05) is 0 Å². The number of nitriles is 1. The minimum absolute atomic E-state index is 0.00139. The van der Waals surface area contributed by atoms with Crippen LogP contribution in [0.4, 0.5) is 4.39 Å². The first-order chi connectivity index (χ1) is 10.0. The Morgan fingerprint density at radius 2 is 2.10 bits per heavy atom. The lowest BCUT2D eigenvalue weighted by molar-refractivity contribution is 0.300. The topological polar surface area (TPSA) is 59.0 Å². The van der Waals surface area contributed by atoms with Crippen LogP contribution in [-0.4, -0.2) is 0 Å². The van der Waals surface area contributed by atoms with E-state index in [-0.39, 0.29) is 12.6 Å². The highest BCUT2D eigenvalue weighted by molar-refractivity contribution is 6.32. The number of nitrogens with two attached hydrogens (primary N) is 1. The maximum absolute atomic E-state index is 13.6. The molecule has 3 nitrogen and oxygen atoms in total. The SMILES string of the molecule is C[C@@H](N)c1ccc(OCc2cc(C#N)ccc2F)c(Cl)c1. The molecule has 0 aliphatic carbocycles. The zero-order chi connectivity index (χ0) is 15.4. The highest BCUT2D eigenvalue weighted by atomic mass is 35.5. The number of hydrogen-bond acceptors (Lipinski definition) is 3. The predicted molar refractivity (Wildman–Crippen MR) is 79.5 cm³/mol. The molecule has 2 aromatic rings. The Hall–Kier alpha value is -2.09. The third-order valence-corrected chi connectivity index (χ3v) is 3.34. The van der Waals surface area contributed by atoms with Crippen LogP contribution in [0, 0.1) is 17.1 Å². The predicted octanol–water partition coefficient (Wildman–Crippen LogP) is 3.95. The number of benzene rings is 2. The Labute approximate surface area is 127 Å². The summed E-state index contributed by atoms with van der Waals surface area (Å²) in [7, 11) is 0. The van der Waals surface area contributed by atoms with Crippen LogP contribution in [0.15, 0.2) is 36.4 Å². The van der Waals surface area contributed by atoms with Crippen molar-refractivity contribution in [2.45, 2.75) is 19.6 Å². The fraction of sp³-hybridized carbons (Fsp3) is 0.188. The first-order valence-corrected chi connectivity index (χ1v) is 6.75. The summed E-state index contributed by atoms with van der Waals surface area (Å²) in [6, 6.07) is 11.2. The van der Waals surface area contributed by atoms with E-state index in [0.29, 0.717) is 21.9 Å². The molecule has 0 saturated carbocycles. The molecule has 0 saturated heterocycles. The third-order valence-electron chi connectivity index (χ3n) is 3.04. The summed E-state index contributed by atoms with van der Waals surface area (Å²) >= 11 is 6.11. The molecule has 5 heteroatoms. The van der Waals surface area contributed by atoms with Gasteiger partial charge in [-0.3, -0.25) is 0 Å². The lowest BCUT2D eigenvalue weighted by Gasteiger charge is -2.11. The van der Waals surface area contributed by atoms with Crippen molar-refractivity contribution in [3.8, 4) is 11.8 Å². The van der Waals surface area contributed by atoms with Crippen molar-refractivity contribution in [1.82, 2.24) is 0 Å². The molecule has 0 fully saturated rings. The molecule has 2 N–H and O–H groups in total. The number of rotatable bonds is 4. The van der Waals surface area contributed by atoms with Crippen molar-refractivity contribution >= 4 is 11.6 Å². The second kappa shape index (κ2) is 6.57. The third kappa shape index (κ3) is 3.72. The molecular formula is C16H14ClFN2O. The van der Waals surface area contributed by atoms with E-state index >= 15 is 0 Å². The average molecular weight is 305 g/mol. The van der Waals surface area contributed by atoms with Gasteiger partial charge in [-0.25, -0.2) is 4.39 Å². The average Bonchev–Trinajstić information content (AvgIpc) is 2.47. The molecule has 2 aromatic carbocycles. The van der Waals surface area contributed by atoms with Crippen molar-refractivity contribution in [1.29, 1.82) is 5.26 Å². The molecular weight excluding hydrogens is 291 g/mol. The van der Waals surface area contributed by atoms with Gasteiger partial charge >= 0.3 is 0 Å². The fourth-order valence-corrected chi connectivity index (χ4v) is 2.07. The van der Waals surface area contributed by atoms with E-state index in [0.717, 1.165) is 5.56 Å². The molecule has 108 valence electrons. The van der Waals surface area contributed by atoms with E-state index in [1.807, 2.05) is 19.1 Å². The monoisotopic (exact) mass is 304 g/mol. The minimum Gasteiger partial charge on any atom is -0.487 e. The van der Waals surface area contributed by atoms with Gasteiger partial charge in [-0.1, -0.05) is 17.7 Å². The molecule has 2 rings (SSSR count). The van der Waals surface area contributed by atoms with Gasteiger partial charge < -0.3 is 10.5 Å². The number of nitrogens with zero attached hydrogens (tertiary/aromatic N) is 1. The lowest BCUT2D eigenvalue weighted by Crippen LogP contribution is -2.05. The van der Waals surface area contributed by atoms with Gasteiger partial charge in [-0.2, -0.15) is 5.26 Å². The molecule has 21 heavy (non-hydrogen) atoms. The summed E-state index contributed by atoms with van der Waals surface area (Å²) in [6.07, 6.45) is 0. The number of ether oxygens (including phenoxy) is 1. The second-order valence-electron chi connectivity index (χ2n) is 4.69. The number of halogens is 2. The van der Waals surface area contributed by atoms with Crippen LogP contribution in [0.25, 0.3) is 0 Å². The highest BCUT2D eigenvalue weighted by Crippen LogP contribution is 2.28. The van der Waals surface area contributed by atoms with Crippen molar-refractivity contribution in [3.05, 3.63) is 63.9 Å². The molecule has 0 amide bonds. The van der Waals surface area contributed by atoms with Crippen LogP contribution in [0.5, 0.6) is 5.75 Å². The van der Waals surface area contributed by atoms with Gasteiger partial charge in [0.15, 0.2) is 0 Å². The van der Waals surface area contributed by atoms with Crippen LogP contribution in [0.1, 0.15) is 29.7 Å². The molecule has 0 bridgehead atoms. The molecule has 0 unspecified atom stereocenters. The van der Waals surface area contributed by atoms with Gasteiger partial charge in [0.1, 0.15) is 18.2 Å². The van der Waals surface area contributed by atoms with E-state index in [1.165, 1.54) is 18.2 Å². The normalized spacial score (nSPS) is 11.8. The van der Waals surface area contributed by atoms with Crippen LogP contribution < -0.4 is 10.5 Å². The highest BCUT2D eigenvalue weighted by Gasteiger charge is 2.08.